The summed E-state index contributed by atoms with van der Waals surface area (Å²) in [5, 5.41) is 0. The van der Waals surface area contributed by atoms with Crippen molar-refractivity contribution in [3.8, 4) is 0 Å². The zero-order valence-electron chi connectivity index (χ0n) is 15.0. The molecule has 1 aliphatic rings. The van der Waals surface area contributed by atoms with Gasteiger partial charge in [0.2, 0.25) is 5.91 Å². The van der Waals surface area contributed by atoms with Crippen molar-refractivity contribution >= 4 is 11.9 Å². The monoisotopic (exact) mass is 333 g/mol. The lowest BCUT2D eigenvalue weighted by Gasteiger charge is -2.37. The number of aromatic nitrogens is 1. The number of carbonyl (C=O) groups excluding carboxylic acids is 2. The first kappa shape index (κ1) is 18.4. The maximum Gasteiger partial charge on any atom is 0.332 e. The summed E-state index contributed by atoms with van der Waals surface area (Å²) in [6.07, 6.45) is 3.83. The van der Waals surface area contributed by atoms with E-state index < -0.39 is 11.5 Å². The average Bonchev–Trinajstić information content (AvgIpc) is 2.60. The van der Waals surface area contributed by atoms with Gasteiger partial charge in [-0.25, -0.2) is 4.79 Å². The summed E-state index contributed by atoms with van der Waals surface area (Å²) in [4.78, 5) is 33.0. The number of nitrogens with zero attached hydrogens (tertiary/aromatic N) is 3. The van der Waals surface area contributed by atoms with Crippen molar-refractivity contribution in [3.05, 3.63) is 30.1 Å². The second-order valence-corrected chi connectivity index (χ2v) is 6.72. The first-order valence-electron chi connectivity index (χ1n) is 8.38. The SMILES string of the molecule is COC(=O)[C@@](C)(c1ccccn1)N(C)CC(=O)N1CCC[C@@H](C)C1. The Balaban J connectivity index is 2.18. The molecule has 0 aliphatic carbocycles. The van der Waals surface area contributed by atoms with E-state index in [1.807, 2.05) is 11.0 Å². The molecule has 132 valence electrons. The smallest absolute Gasteiger partial charge is 0.332 e. The van der Waals surface area contributed by atoms with E-state index >= 15 is 0 Å². The standard InChI is InChI=1S/C18H27N3O3/c1-14-8-7-11-21(12-14)16(22)13-20(3)18(2,17(23)24-4)15-9-5-6-10-19-15/h5-6,9-10,14H,7-8,11-13H2,1-4H3/t14-,18-/m1/s1. The highest BCUT2D eigenvalue weighted by Crippen LogP contribution is 2.27. The van der Waals surface area contributed by atoms with Crippen LogP contribution in [0.25, 0.3) is 0 Å². The Hall–Kier alpha value is -1.95. The van der Waals surface area contributed by atoms with Crippen molar-refractivity contribution in [1.29, 1.82) is 0 Å². The van der Waals surface area contributed by atoms with Gasteiger partial charge >= 0.3 is 5.97 Å². The molecule has 1 amide bonds. The van der Waals surface area contributed by atoms with Crippen LogP contribution in [-0.2, 0) is 19.9 Å². The molecule has 6 heteroatoms. The first-order chi connectivity index (χ1) is 11.4. The van der Waals surface area contributed by atoms with Gasteiger partial charge in [0.1, 0.15) is 0 Å². The van der Waals surface area contributed by atoms with Gasteiger partial charge in [-0.1, -0.05) is 13.0 Å². The number of esters is 1. The van der Waals surface area contributed by atoms with E-state index in [1.165, 1.54) is 7.11 Å². The lowest BCUT2D eigenvalue weighted by atomic mass is 9.94. The highest BCUT2D eigenvalue weighted by atomic mass is 16.5. The van der Waals surface area contributed by atoms with E-state index in [9.17, 15) is 9.59 Å². The van der Waals surface area contributed by atoms with Gasteiger partial charge < -0.3 is 9.64 Å². The van der Waals surface area contributed by atoms with Gasteiger partial charge in [-0.2, -0.15) is 0 Å². The number of piperidine rings is 1. The van der Waals surface area contributed by atoms with E-state index in [0.717, 1.165) is 25.9 Å². The first-order valence-corrected chi connectivity index (χ1v) is 8.38. The maximum atomic E-state index is 12.7. The number of pyridine rings is 1. The summed E-state index contributed by atoms with van der Waals surface area (Å²) in [5.74, 6) is 0.134. The van der Waals surface area contributed by atoms with Crippen molar-refractivity contribution < 1.29 is 14.3 Å². The van der Waals surface area contributed by atoms with Gasteiger partial charge in [0.25, 0.3) is 0 Å². The number of carbonyl (C=O) groups is 2. The fourth-order valence-electron chi connectivity index (χ4n) is 3.18. The maximum absolute atomic E-state index is 12.7. The third-order valence-corrected chi connectivity index (χ3v) is 4.89. The van der Waals surface area contributed by atoms with Crippen molar-refractivity contribution in [1.82, 2.24) is 14.8 Å². The fraction of sp³-hybridized carbons (Fsp3) is 0.611. The Labute approximate surface area is 143 Å². The van der Waals surface area contributed by atoms with E-state index in [2.05, 4.69) is 11.9 Å². The fourth-order valence-corrected chi connectivity index (χ4v) is 3.18. The zero-order chi connectivity index (χ0) is 17.7. The van der Waals surface area contributed by atoms with Crippen LogP contribution in [0.3, 0.4) is 0 Å². The molecule has 0 saturated carbocycles. The van der Waals surface area contributed by atoms with Gasteiger partial charge in [-0.3, -0.25) is 14.7 Å². The van der Waals surface area contributed by atoms with Crippen LogP contribution in [0.1, 0.15) is 32.4 Å². The second-order valence-electron chi connectivity index (χ2n) is 6.72. The molecule has 2 rings (SSSR count). The zero-order valence-corrected chi connectivity index (χ0v) is 15.0. The molecular weight excluding hydrogens is 306 g/mol. The highest BCUT2D eigenvalue weighted by Gasteiger charge is 2.43. The molecule has 24 heavy (non-hydrogen) atoms. The van der Waals surface area contributed by atoms with E-state index in [1.54, 1.807) is 37.2 Å². The molecule has 0 unspecified atom stereocenters. The van der Waals surface area contributed by atoms with Gasteiger partial charge in [-0.05, 0) is 44.9 Å². The summed E-state index contributed by atoms with van der Waals surface area (Å²) in [6, 6.07) is 5.40. The Bertz CT molecular complexity index is 578. The van der Waals surface area contributed by atoms with Crippen molar-refractivity contribution in [3.63, 3.8) is 0 Å². The number of likely N-dealkylation sites (tertiary alicyclic amines) is 1. The van der Waals surface area contributed by atoms with Crippen LogP contribution < -0.4 is 0 Å². The Kier molecular flexibility index (Phi) is 5.94. The lowest BCUT2D eigenvalue weighted by molar-refractivity contribution is -0.156. The van der Waals surface area contributed by atoms with Gasteiger partial charge in [-0.15, -0.1) is 0 Å². The van der Waals surface area contributed by atoms with Crippen LogP contribution in [0.2, 0.25) is 0 Å². The Morgan fingerprint density at radius 3 is 2.79 bits per heavy atom. The minimum absolute atomic E-state index is 0.0371. The van der Waals surface area contributed by atoms with Gasteiger partial charge in [0.15, 0.2) is 5.54 Å². The van der Waals surface area contributed by atoms with E-state index in [0.29, 0.717) is 11.6 Å². The third-order valence-electron chi connectivity index (χ3n) is 4.89. The minimum Gasteiger partial charge on any atom is -0.467 e. The molecule has 0 bridgehead atoms. The average molecular weight is 333 g/mol. The summed E-state index contributed by atoms with van der Waals surface area (Å²) in [5.41, 5.74) is -0.535. The largest absolute Gasteiger partial charge is 0.467 e. The summed E-state index contributed by atoms with van der Waals surface area (Å²) in [7, 11) is 3.11. The highest BCUT2D eigenvalue weighted by molar-refractivity contribution is 5.84. The molecule has 2 atom stereocenters. The number of methoxy groups -OCH3 is 1. The number of likely N-dealkylation sites (N-methyl/N-ethyl adjacent to an activating group) is 1. The van der Waals surface area contributed by atoms with Gasteiger partial charge in [0, 0.05) is 19.3 Å². The van der Waals surface area contributed by atoms with Crippen molar-refractivity contribution in [2.45, 2.75) is 32.2 Å². The molecule has 0 spiro atoms. The number of hydrogen-bond donors (Lipinski definition) is 0. The molecule has 6 nitrogen and oxygen atoms in total. The van der Waals surface area contributed by atoms with E-state index in [-0.39, 0.29) is 12.5 Å². The molecule has 1 fully saturated rings. The van der Waals surface area contributed by atoms with Crippen LogP contribution in [-0.4, -0.2) is 60.5 Å². The molecule has 1 aromatic rings. The lowest BCUT2D eigenvalue weighted by Crippen LogP contribution is -2.53. The van der Waals surface area contributed by atoms with Crippen LogP contribution in [0.15, 0.2) is 24.4 Å². The third kappa shape index (κ3) is 3.75. The van der Waals surface area contributed by atoms with Crippen LogP contribution in [0.5, 0.6) is 0 Å². The second kappa shape index (κ2) is 7.75. The van der Waals surface area contributed by atoms with Crippen LogP contribution in [0.4, 0.5) is 0 Å². The van der Waals surface area contributed by atoms with Gasteiger partial charge in [0.05, 0.1) is 19.3 Å². The summed E-state index contributed by atoms with van der Waals surface area (Å²) in [6.45, 7) is 5.62. The number of ether oxygens (including phenoxy) is 1. The molecule has 2 heterocycles. The number of rotatable bonds is 5. The summed E-state index contributed by atoms with van der Waals surface area (Å²) < 4.78 is 4.99. The molecule has 0 N–H and O–H groups in total. The topological polar surface area (TPSA) is 62.7 Å². The van der Waals surface area contributed by atoms with Crippen LogP contribution >= 0.6 is 0 Å². The normalized spacial score (nSPS) is 20.5. The molecule has 0 aromatic carbocycles. The molecule has 1 aromatic heterocycles. The predicted molar refractivity (Wildman–Crippen MR) is 91.2 cm³/mol. The molecular formula is C18H27N3O3. The Morgan fingerprint density at radius 2 is 2.21 bits per heavy atom. The molecule has 1 aliphatic heterocycles. The number of amides is 1. The minimum atomic E-state index is -1.10. The Morgan fingerprint density at radius 1 is 1.46 bits per heavy atom. The quantitative estimate of drug-likeness (QED) is 0.767. The summed E-state index contributed by atoms with van der Waals surface area (Å²) >= 11 is 0. The number of hydrogen-bond acceptors (Lipinski definition) is 5. The predicted octanol–water partition coefficient (Wildman–Crippen LogP) is 1.66. The molecule has 1 saturated heterocycles. The van der Waals surface area contributed by atoms with Crippen LogP contribution in [0, 0.1) is 5.92 Å². The van der Waals surface area contributed by atoms with E-state index in [4.69, 9.17) is 4.74 Å². The van der Waals surface area contributed by atoms with Crippen molar-refractivity contribution in [2.75, 3.05) is 33.8 Å². The molecule has 0 radical (unpaired) electrons. The van der Waals surface area contributed by atoms with Crippen molar-refractivity contribution in [2.24, 2.45) is 5.92 Å².